The molecule has 0 unspecified atom stereocenters. The molecular weight excluding hydrogens is 302 g/mol. The number of thiazole rings is 1. The molecule has 4 rings (SSSR count). The van der Waals surface area contributed by atoms with Gasteiger partial charge in [-0.1, -0.05) is 0 Å². The molecule has 21 heavy (non-hydrogen) atoms. The summed E-state index contributed by atoms with van der Waals surface area (Å²) in [5.74, 6) is 2.33. The zero-order chi connectivity index (χ0) is 14.2. The van der Waals surface area contributed by atoms with Gasteiger partial charge in [0.15, 0.2) is 4.96 Å². The Kier molecular flexibility index (Phi) is 3.48. The summed E-state index contributed by atoms with van der Waals surface area (Å²) in [6.45, 7) is 2.02. The maximum absolute atomic E-state index is 4.71. The number of rotatable bonds is 3. The first-order chi connectivity index (χ1) is 10.3. The SMILES string of the molecule is Cn1cc([C@H]2CSCCN2Cc2cn3ccsc3n2)cn1. The quantitative estimate of drug-likeness (QED) is 0.743. The van der Waals surface area contributed by atoms with Gasteiger partial charge >= 0.3 is 0 Å². The van der Waals surface area contributed by atoms with Crippen molar-refractivity contribution >= 4 is 28.1 Å². The summed E-state index contributed by atoms with van der Waals surface area (Å²) < 4.78 is 4.00. The predicted molar refractivity (Wildman–Crippen MR) is 86.8 cm³/mol. The van der Waals surface area contributed by atoms with Crippen molar-refractivity contribution in [3.63, 3.8) is 0 Å². The minimum atomic E-state index is 0.442. The van der Waals surface area contributed by atoms with Gasteiger partial charge in [-0.2, -0.15) is 16.9 Å². The fourth-order valence-corrected chi connectivity index (χ4v) is 4.68. The summed E-state index contributed by atoms with van der Waals surface area (Å²) in [4.78, 5) is 8.32. The van der Waals surface area contributed by atoms with E-state index in [4.69, 9.17) is 4.98 Å². The van der Waals surface area contributed by atoms with Gasteiger partial charge in [-0.3, -0.25) is 14.0 Å². The second kappa shape index (κ2) is 5.47. The third-order valence-corrected chi connectivity index (χ3v) is 5.65. The van der Waals surface area contributed by atoms with Gasteiger partial charge in [-0.05, 0) is 0 Å². The molecule has 0 aliphatic carbocycles. The lowest BCUT2D eigenvalue weighted by molar-refractivity contribution is 0.210. The standard InChI is InChI=1S/C14H17N5S2/c1-17-7-11(6-15-17)13-10-20-4-2-18(13)8-12-9-19-3-5-21-14(19)16-12/h3,5-7,9,13H,2,4,8,10H2,1H3/t13-/m1/s1. The van der Waals surface area contributed by atoms with Crippen LogP contribution >= 0.6 is 23.1 Å². The lowest BCUT2D eigenvalue weighted by Gasteiger charge is -2.34. The summed E-state index contributed by atoms with van der Waals surface area (Å²) in [5.41, 5.74) is 2.47. The highest BCUT2D eigenvalue weighted by Crippen LogP contribution is 2.30. The van der Waals surface area contributed by atoms with Gasteiger partial charge in [0.1, 0.15) is 0 Å². The Morgan fingerprint density at radius 3 is 3.14 bits per heavy atom. The van der Waals surface area contributed by atoms with Crippen molar-refractivity contribution in [2.24, 2.45) is 7.05 Å². The second-order valence-electron chi connectivity index (χ2n) is 5.33. The van der Waals surface area contributed by atoms with Crippen molar-refractivity contribution in [2.45, 2.75) is 12.6 Å². The molecule has 0 saturated carbocycles. The minimum absolute atomic E-state index is 0.442. The third-order valence-electron chi connectivity index (χ3n) is 3.86. The number of thioether (sulfide) groups is 1. The molecule has 0 amide bonds. The molecule has 4 heterocycles. The topological polar surface area (TPSA) is 38.4 Å². The number of hydrogen-bond donors (Lipinski definition) is 0. The summed E-state index contributed by atoms with van der Waals surface area (Å²) in [6.07, 6.45) is 8.35. The molecule has 3 aromatic heterocycles. The van der Waals surface area contributed by atoms with Crippen LogP contribution in [0.25, 0.3) is 4.96 Å². The van der Waals surface area contributed by atoms with Crippen LogP contribution in [0, 0.1) is 0 Å². The van der Waals surface area contributed by atoms with Crippen LogP contribution in [0.4, 0.5) is 0 Å². The van der Waals surface area contributed by atoms with Crippen molar-refractivity contribution in [3.8, 4) is 0 Å². The Bertz CT molecular complexity index is 715. The Labute approximate surface area is 131 Å². The number of aryl methyl sites for hydroxylation is 1. The monoisotopic (exact) mass is 319 g/mol. The van der Waals surface area contributed by atoms with E-state index in [-0.39, 0.29) is 0 Å². The molecule has 1 fully saturated rings. The number of nitrogens with zero attached hydrogens (tertiary/aromatic N) is 5. The maximum Gasteiger partial charge on any atom is 0.193 e. The number of imidazole rings is 1. The van der Waals surface area contributed by atoms with E-state index in [0.29, 0.717) is 6.04 Å². The molecule has 1 atom stereocenters. The Morgan fingerprint density at radius 2 is 2.33 bits per heavy atom. The number of hydrogen-bond acceptors (Lipinski definition) is 5. The average Bonchev–Trinajstić information content (AvgIpc) is 3.15. The average molecular weight is 319 g/mol. The van der Waals surface area contributed by atoms with Crippen LogP contribution < -0.4 is 0 Å². The Morgan fingerprint density at radius 1 is 1.38 bits per heavy atom. The molecule has 1 aliphatic rings. The van der Waals surface area contributed by atoms with Gasteiger partial charge < -0.3 is 0 Å². The minimum Gasteiger partial charge on any atom is -0.297 e. The molecule has 0 radical (unpaired) electrons. The van der Waals surface area contributed by atoms with E-state index < -0.39 is 0 Å². The van der Waals surface area contributed by atoms with Crippen molar-refractivity contribution in [3.05, 3.63) is 41.4 Å². The zero-order valence-electron chi connectivity index (χ0n) is 11.8. The summed E-state index contributed by atoms with van der Waals surface area (Å²) in [7, 11) is 1.98. The van der Waals surface area contributed by atoms with Crippen molar-refractivity contribution in [2.75, 3.05) is 18.1 Å². The summed E-state index contributed by atoms with van der Waals surface area (Å²) in [5, 5.41) is 6.39. The third kappa shape index (κ3) is 2.61. The van der Waals surface area contributed by atoms with Crippen LogP contribution in [0.15, 0.2) is 30.2 Å². The highest BCUT2D eigenvalue weighted by Gasteiger charge is 2.26. The molecule has 5 nitrogen and oxygen atoms in total. The second-order valence-corrected chi connectivity index (χ2v) is 7.36. The normalized spacial score (nSPS) is 20.3. The molecule has 1 aliphatic heterocycles. The maximum atomic E-state index is 4.71. The number of fused-ring (bicyclic) bond motifs is 1. The van der Waals surface area contributed by atoms with Gasteiger partial charge in [0.25, 0.3) is 0 Å². The van der Waals surface area contributed by atoms with Gasteiger partial charge in [0.2, 0.25) is 0 Å². The van der Waals surface area contributed by atoms with E-state index in [0.717, 1.165) is 29.5 Å². The van der Waals surface area contributed by atoms with Crippen LogP contribution in [-0.2, 0) is 13.6 Å². The Hall–Kier alpha value is -1.31. The molecular formula is C14H17N5S2. The molecule has 0 bridgehead atoms. The molecule has 110 valence electrons. The van der Waals surface area contributed by atoms with Crippen molar-refractivity contribution in [1.29, 1.82) is 0 Å². The lowest BCUT2D eigenvalue weighted by atomic mass is 10.1. The first-order valence-electron chi connectivity index (χ1n) is 7.01. The Balaban J connectivity index is 1.57. The highest BCUT2D eigenvalue weighted by atomic mass is 32.2. The smallest absolute Gasteiger partial charge is 0.193 e. The first-order valence-corrected chi connectivity index (χ1v) is 9.04. The van der Waals surface area contributed by atoms with E-state index >= 15 is 0 Å². The first kappa shape index (κ1) is 13.4. The fraction of sp³-hybridized carbons (Fsp3) is 0.429. The van der Waals surface area contributed by atoms with Crippen LogP contribution in [-0.4, -0.2) is 42.1 Å². The number of aromatic nitrogens is 4. The lowest BCUT2D eigenvalue weighted by Crippen LogP contribution is -2.35. The summed E-state index contributed by atoms with van der Waals surface area (Å²) in [6, 6.07) is 0.442. The van der Waals surface area contributed by atoms with Gasteiger partial charge in [0.05, 0.1) is 11.9 Å². The highest BCUT2D eigenvalue weighted by molar-refractivity contribution is 7.99. The molecule has 1 saturated heterocycles. The van der Waals surface area contributed by atoms with E-state index in [1.165, 1.54) is 11.3 Å². The predicted octanol–water partition coefficient (Wildman–Crippen LogP) is 2.42. The van der Waals surface area contributed by atoms with Crippen molar-refractivity contribution < 1.29 is 0 Å². The van der Waals surface area contributed by atoms with Gasteiger partial charge in [-0.25, -0.2) is 4.98 Å². The van der Waals surface area contributed by atoms with E-state index in [1.54, 1.807) is 11.3 Å². The molecule has 0 spiro atoms. The molecule has 0 aromatic carbocycles. The largest absolute Gasteiger partial charge is 0.297 e. The van der Waals surface area contributed by atoms with Crippen molar-refractivity contribution in [1.82, 2.24) is 24.1 Å². The fourth-order valence-electron chi connectivity index (χ4n) is 2.81. The van der Waals surface area contributed by atoms with Crippen LogP contribution in [0.5, 0.6) is 0 Å². The molecule has 7 heteroatoms. The van der Waals surface area contributed by atoms with Crippen LogP contribution in [0.3, 0.4) is 0 Å². The van der Waals surface area contributed by atoms with Crippen LogP contribution in [0.2, 0.25) is 0 Å². The van der Waals surface area contributed by atoms with E-state index in [2.05, 4.69) is 38.4 Å². The van der Waals surface area contributed by atoms with E-state index in [1.807, 2.05) is 29.7 Å². The van der Waals surface area contributed by atoms with E-state index in [9.17, 15) is 0 Å². The van der Waals surface area contributed by atoms with Crippen LogP contribution in [0.1, 0.15) is 17.3 Å². The van der Waals surface area contributed by atoms with Gasteiger partial charge in [0, 0.05) is 67.2 Å². The molecule has 0 N–H and O–H groups in total. The zero-order valence-corrected chi connectivity index (χ0v) is 13.5. The van der Waals surface area contributed by atoms with Gasteiger partial charge in [-0.15, -0.1) is 11.3 Å². The molecule has 3 aromatic rings. The summed E-state index contributed by atoms with van der Waals surface area (Å²) >= 11 is 3.71.